The van der Waals surface area contributed by atoms with Crippen LogP contribution >= 0.6 is 11.8 Å². The molecule has 1 rings (SSSR count). The molecule has 0 atom stereocenters. The predicted molar refractivity (Wildman–Crippen MR) is 41.9 cm³/mol. The van der Waals surface area contributed by atoms with Crippen LogP contribution in [-0.4, -0.2) is 28.1 Å². The Balaban J connectivity index is 2.61. The third-order valence-electron chi connectivity index (χ3n) is 1.39. The SMILES string of the molecule is CC(C)(N)[N+]1=CSCC1. The molecule has 0 spiro atoms. The molecule has 0 aromatic heterocycles. The minimum atomic E-state index is -0.163. The summed E-state index contributed by atoms with van der Waals surface area (Å²) < 4.78 is 2.16. The van der Waals surface area contributed by atoms with E-state index >= 15 is 0 Å². The average molecular weight is 145 g/mol. The maximum Gasteiger partial charge on any atom is 0.208 e. The summed E-state index contributed by atoms with van der Waals surface area (Å²) in [4.78, 5) is 0. The minimum absolute atomic E-state index is 0.163. The minimum Gasteiger partial charge on any atom is -0.271 e. The van der Waals surface area contributed by atoms with E-state index in [0.717, 1.165) is 6.54 Å². The van der Waals surface area contributed by atoms with Crippen molar-refractivity contribution in [2.45, 2.75) is 19.5 Å². The zero-order valence-corrected chi connectivity index (χ0v) is 6.74. The lowest BCUT2D eigenvalue weighted by atomic mass is 10.2. The van der Waals surface area contributed by atoms with Crippen molar-refractivity contribution in [3.63, 3.8) is 0 Å². The number of nitrogens with two attached hydrogens (primary N) is 1. The van der Waals surface area contributed by atoms with E-state index in [0.29, 0.717) is 0 Å². The Hall–Kier alpha value is -0.0200. The van der Waals surface area contributed by atoms with Crippen molar-refractivity contribution in [2.75, 3.05) is 12.3 Å². The van der Waals surface area contributed by atoms with Gasteiger partial charge in [0.1, 0.15) is 0 Å². The number of thioether (sulfide) groups is 1. The molecule has 3 heteroatoms. The van der Waals surface area contributed by atoms with Crippen LogP contribution in [0.3, 0.4) is 0 Å². The van der Waals surface area contributed by atoms with Gasteiger partial charge >= 0.3 is 0 Å². The molecule has 1 aliphatic rings. The summed E-state index contributed by atoms with van der Waals surface area (Å²) in [5, 5.41) is 0. The molecule has 0 aromatic rings. The number of hydrogen-bond donors (Lipinski definition) is 1. The van der Waals surface area contributed by atoms with E-state index in [1.54, 1.807) is 0 Å². The molecule has 1 heterocycles. The fourth-order valence-corrected chi connectivity index (χ4v) is 1.73. The zero-order valence-electron chi connectivity index (χ0n) is 5.92. The Morgan fingerprint density at radius 2 is 2.33 bits per heavy atom. The first-order chi connectivity index (χ1) is 4.11. The molecule has 0 saturated carbocycles. The van der Waals surface area contributed by atoms with E-state index < -0.39 is 0 Å². The highest BCUT2D eigenvalue weighted by Crippen LogP contribution is 2.09. The van der Waals surface area contributed by atoms with Gasteiger partial charge in [-0.15, -0.1) is 0 Å². The van der Waals surface area contributed by atoms with Gasteiger partial charge < -0.3 is 0 Å². The van der Waals surface area contributed by atoms with Gasteiger partial charge in [0.05, 0.1) is 5.75 Å². The van der Waals surface area contributed by atoms with Gasteiger partial charge in [-0.3, -0.25) is 5.73 Å². The summed E-state index contributed by atoms with van der Waals surface area (Å²) in [6.07, 6.45) is 0. The Morgan fingerprint density at radius 1 is 1.67 bits per heavy atom. The van der Waals surface area contributed by atoms with Gasteiger partial charge in [-0.1, -0.05) is 11.8 Å². The first kappa shape index (κ1) is 7.09. The zero-order chi connectivity index (χ0) is 6.91. The van der Waals surface area contributed by atoms with E-state index in [1.165, 1.54) is 5.75 Å². The molecule has 0 aromatic carbocycles. The van der Waals surface area contributed by atoms with E-state index in [1.807, 2.05) is 25.6 Å². The Kier molecular flexibility index (Phi) is 1.82. The van der Waals surface area contributed by atoms with Gasteiger partial charge in [0.15, 0.2) is 12.1 Å². The molecular weight excluding hydrogens is 132 g/mol. The Labute approximate surface area is 60.1 Å². The molecule has 52 valence electrons. The highest BCUT2D eigenvalue weighted by Gasteiger charge is 2.26. The topological polar surface area (TPSA) is 29.0 Å². The fraction of sp³-hybridized carbons (Fsp3) is 0.833. The third-order valence-corrected chi connectivity index (χ3v) is 2.21. The predicted octanol–water partition coefficient (Wildman–Crippen LogP) is 0.469. The van der Waals surface area contributed by atoms with Gasteiger partial charge in [-0.25, -0.2) is 4.58 Å². The number of rotatable bonds is 1. The molecule has 0 bridgehead atoms. The van der Waals surface area contributed by atoms with E-state index in [2.05, 4.69) is 10.1 Å². The van der Waals surface area contributed by atoms with Gasteiger partial charge in [-0.05, 0) is 0 Å². The normalized spacial score (nSPS) is 20.1. The second-order valence-corrected chi connectivity index (χ2v) is 3.78. The second kappa shape index (κ2) is 2.31. The van der Waals surface area contributed by atoms with E-state index in [9.17, 15) is 0 Å². The maximum absolute atomic E-state index is 5.82. The maximum atomic E-state index is 5.82. The molecule has 0 radical (unpaired) electrons. The molecule has 0 aliphatic carbocycles. The van der Waals surface area contributed by atoms with Crippen molar-refractivity contribution in [2.24, 2.45) is 5.73 Å². The van der Waals surface area contributed by atoms with Gasteiger partial charge in [0.25, 0.3) is 0 Å². The largest absolute Gasteiger partial charge is 0.271 e. The fourth-order valence-electron chi connectivity index (χ4n) is 0.770. The highest BCUT2D eigenvalue weighted by molar-refractivity contribution is 8.12. The lowest BCUT2D eigenvalue weighted by Crippen LogP contribution is -2.44. The smallest absolute Gasteiger partial charge is 0.208 e. The van der Waals surface area contributed by atoms with Crippen molar-refractivity contribution >= 4 is 17.3 Å². The van der Waals surface area contributed by atoms with Crippen LogP contribution in [0.4, 0.5) is 0 Å². The Bertz CT molecular complexity index is 134. The van der Waals surface area contributed by atoms with Crippen molar-refractivity contribution in [1.82, 2.24) is 0 Å². The third kappa shape index (κ3) is 1.69. The lowest BCUT2D eigenvalue weighted by molar-refractivity contribution is -0.588. The summed E-state index contributed by atoms with van der Waals surface area (Å²) >= 11 is 1.83. The Morgan fingerprint density at radius 3 is 2.56 bits per heavy atom. The van der Waals surface area contributed by atoms with Gasteiger partial charge in [0, 0.05) is 13.8 Å². The van der Waals surface area contributed by atoms with Crippen LogP contribution < -0.4 is 5.73 Å². The molecule has 2 nitrogen and oxygen atoms in total. The quantitative estimate of drug-likeness (QED) is 0.543. The summed E-state index contributed by atoms with van der Waals surface area (Å²) in [5.74, 6) is 1.18. The van der Waals surface area contributed by atoms with Crippen LogP contribution in [-0.2, 0) is 0 Å². The van der Waals surface area contributed by atoms with Crippen LogP contribution in [0, 0.1) is 0 Å². The van der Waals surface area contributed by atoms with E-state index in [-0.39, 0.29) is 5.66 Å². The summed E-state index contributed by atoms with van der Waals surface area (Å²) in [5.41, 5.74) is 7.77. The van der Waals surface area contributed by atoms with Crippen LogP contribution in [0.1, 0.15) is 13.8 Å². The van der Waals surface area contributed by atoms with Crippen LogP contribution in [0.25, 0.3) is 0 Å². The van der Waals surface area contributed by atoms with Crippen molar-refractivity contribution in [3.05, 3.63) is 0 Å². The molecule has 0 amide bonds. The summed E-state index contributed by atoms with van der Waals surface area (Å²) in [6, 6.07) is 0. The first-order valence-corrected chi connectivity index (χ1v) is 4.16. The van der Waals surface area contributed by atoms with Gasteiger partial charge in [-0.2, -0.15) is 0 Å². The molecule has 0 unspecified atom stereocenters. The lowest BCUT2D eigenvalue weighted by Gasteiger charge is -2.13. The van der Waals surface area contributed by atoms with Crippen molar-refractivity contribution < 1.29 is 4.58 Å². The number of hydrogen-bond acceptors (Lipinski definition) is 2. The average Bonchev–Trinajstić information content (AvgIpc) is 2.08. The van der Waals surface area contributed by atoms with Crippen molar-refractivity contribution in [1.29, 1.82) is 0 Å². The van der Waals surface area contributed by atoms with Crippen molar-refractivity contribution in [3.8, 4) is 0 Å². The highest BCUT2D eigenvalue weighted by atomic mass is 32.2. The monoisotopic (exact) mass is 145 g/mol. The summed E-state index contributed by atoms with van der Waals surface area (Å²) in [6.45, 7) is 5.14. The van der Waals surface area contributed by atoms with Crippen LogP contribution in [0.2, 0.25) is 0 Å². The van der Waals surface area contributed by atoms with Crippen LogP contribution in [0.15, 0.2) is 0 Å². The number of nitrogens with zero attached hydrogens (tertiary/aromatic N) is 1. The standard InChI is InChI=1S/C6H13N2S/c1-6(2,7)8-3-4-9-5-8/h5H,3-4,7H2,1-2H3/q+1. The molecule has 1 aliphatic heterocycles. The van der Waals surface area contributed by atoms with Gasteiger partial charge in [0.2, 0.25) is 5.66 Å². The molecule has 2 N–H and O–H groups in total. The molecule has 9 heavy (non-hydrogen) atoms. The first-order valence-electron chi connectivity index (χ1n) is 3.11. The molecule has 0 saturated heterocycles. The molecule has 0 fully saturated rings. The van der Waals surface area contributed by atoms with Crippen LogP contribution in [0.5, 0.6) is 0 Å². The second-order valence-electron chi connectivity index (χ2n) is 2.82. The summed E-state index contributed by atoms with van der Waals surface area (Å²) in [7, 11) is 0. The molecular formula is C6H13N2S+. The van der Waals surface area contributed by atoms with E-state index in [4.69, 9.17) is 5.73 Å².